The van der Waals surface area contributed by atoms with Gasteiger partial charge in [0.2, 0.25) is 16.6 Å². The molecule has 18 heavy (non-hydrogen) atoms. The largest absolute Gasteiger partial charge is 0.520 e. The Labute approximate surface area is 112 Å². The Hall–Kier alpha value is -0.886. The van der Waals surface area contributed by atoms with Crippen molar-refractivity contribution in [2.45, 2.75) is 52.6 Å². The molecule has 0 fully saturated rings. The predicted molar refractivity (Wildman–Crippen MR) is 77.3 cm³/mol. The van der Waals surface area contributed by atoms with Crippen molar-refractivity contribution in [1.82, 2.24) is 0 Å². The van der Waals surface area contributed by atoms with Crippen LogP contribution in [0.2, 0.25) is 39.3 Å². The molecule has 0 rings (SSSR count). The SMILES string of the molecule is C/C(=C\C(=O)O[Si](C)(C)C)CC(=O)O[Si](C)(C)C. The van der Waals surface area contributed by atoms with Crippen LogP contribution in [0.1, 0.15) is 13.3 Å². The fourth-order valence-electron chi connectivity index (χ4n) is 1.19. The molecular formula is C12H24O4Si2. The summed E-state index contributed by atoms with van der Waals surface area (Å²) in [6.07, 6.45) is 1.52. The van der Waals surface area contributed by atoms with Gasteiger partial charge in [-0.3, -0.25) is 4.79 Å². The van der Waals surface area contributed by atoms with Crippen molar-refractivity contribution in [1.29, 1.82) is 0 Å². The van der Waals surface area contributed by atoms with Crippen LogP contribution < -0.4 is 0 Å². The molecule has 0 heterocycles. The fraction of sp³-hybridized carbons (Fsp3) is 0.667. The minimum Gasteiger partial charge on any atom is -0.520 e. The van der Waals surface area contributed by atoms with Crippen molar-refractivity contribution in [2.24, 2.45) is 0 Å². The van der Waals surface area contributed by atoms with E-state index in [1.54, 1.807) is 6.92 Å². The van der Waals surface area contributed by atoms with Gasteiger partial charge in [-0.05, 0) is 46.2 Å². The Balaban J connectivity index is 4.36. The molecule has 0 aliphatic rings. The van der Waals surface area contributed by atoms with E-state index in [1.807, 2.05) is 39.3 Å². The highest BCUT2D eigenvalue weighted by Gasteiger charge is 2.21. The number of carbonyl (C=O) groups is 2. The Morgan fingerprint density at radius 1 is 0.944 bits per heavy atom. The van der Waals surface area contributed by atoms with E-state index in [9.17, 15) is 9.59 Å². The zero-order valence-corrected chi connectivity index (χ0v) is 14.4. The molecule has 0 N–H and O–H groups in total. The minimum absolute atomic E-state index is 0.144. The van der Waals surface area contributed by atoms with Crippen molar-refractivity contribution in [3.8, 4) is 0 Å². The second kappa shape index (κ2) is 6.33. The molecule has 6 heteroatoms. The number of rotatable bonds is 5. The van der Waals surface area contributed by atoms with E-state index in [0.717, 1.165) is 0 Å². The molecule has 0 aromatic heterocycles. The maximum Gasteiger partial charge on any atom is 0.317 e. The van der Waals surface area contributed by atoms with Gasteiger partial charge >= 0.3 is 5.97 Å². The van der Waals surface area contributed by atoms with Gasteiger partial charge < -0.3 is 8.85 Å². The first kappa shape index (κ1) is 17.1. The van der Waals surface area contributed by atoms with E-state index < -0.39 is 16.6 Å². The van der Waals surface area contributed by atoms with Gasteiger partial charge in [0.05, 0.1) is 6.42 Å². The van der Waals surface area contributed by atoms with Crippen molar-refractivity contribution in [2.75, 3.05) is 0 Å². The van der Waals surface area contributed by atoms with Gasteiger partial charge in [-0.1, -0.05) is 5.57 Å². The molecule has 0 amide bonds. The normalized spacial score (nSPS) is 13.2. The van der Waals surface area contributed by atoms with Crippen molar-refractivity contribution >= 4 is 28.6 Å². The van der Waals surface area contributed by atoms with E-state index in [2.05, 4.69) is 0 Å². The topological polar surface area (TPSA) is 52.6 Å². The second-order valence-corrected chi connectivity index (χ2v) is 15.1. The zero-order valence-electron chi connectivity index (χ0n) is 12.4. The van der Waals surface area contributed by atoms with Gasteiger partial charge in [-0.15, -0.1) is 0 Å². The maximum atomic E-state index is 11.6. The second-order valence-electron chi connectivity index (χ2n) is 6.29. The molecule has 0 aliphatic heterocycles. The van der Waals surface area contributed by atoms with E-state index in [4.69, 9.17) is 8.85 Å². The summed E-state index contributed by atoms with van der Waals surface area (Å²) in [6.45, 7) is 13.4. The summed E-state index contributed by atoms with van der Waals surface area (Å²) in [5, 5.41) is 0. The van der Waals surface area contributed by atoms with Crippen molar-refractivity contribution in [3.05, 3.63) is 11.6 Å². The standard InChI is InChI=1S/C12H24O4Si2/c1-10(8-11(13)15-17(2,3)4)9-12(14)16-18(5,6)7/h8H,9H2,1-7H3/b10-8+. The van der Waals surface area contributed by atoms with E-state index in [0.29, 0.717) is 5.57 Å². The highest BCUT2D eigenvalue weighted by Crippen LogP contribution is 2.10. The summed E-state index contributed by atoms with van der Waals surface area (Å²) in [5.74, 6) is -0.642. The average molecular weight is 288 g/mol. The van der Waals surface area contributed by atoms with Crippen LogP contribution in [0.15, 0.2) is 11.6 Å². The van der Waals surface area contributed by atoms with Crippen LogP contribution in [0.25, 0.3) is 0 Å². The molecule has 0 bridgehead atoms. The van der Waals surface area contributed by atoms with E-state index >= 15 is 0 Å². The van der Waals surface area contributed by atoms with Crippen LogP contribution in [-0.2, 0) is 18.4 Å². The Morgan fingerprint density at radius 2 is 1.39 bits per heavy atom. The highest BCUT2D eigenvalue weighted by molar-refractivity contribution is 6.71. The highest BCUT2D eigenvalue weighted by atomic mass is 28.4. The summed E-state index contributed by atoms with van der Waals surface area (Å²) >= 11 is 0. The van der Waals surface area contributed by atoms with Crippen LogP contribution in [0, 0.1) is 0 Å². The summed E-state index contributed by atoms with van der Waals surface area (Å²) in [4.78, 5) is 23.1. The Bertz CT molecular complexity index is 348. The van der Waals surface area contributed by atoms with Gasteiger partial charge in [0, 0.05) is 6.08 Å². The monoisotopic (exact) mass is 288 g/mol. The molecule has 0 aromatic rings. The molecular weight excluding hydrogens is 264 g/mol. The lowest BCUT2D eigenvalue weighted by atomic mass is 10.2. The first-order valence-corrected chi connectivity index (χ1v) is 12.8. The van der Waals surface area contributed by atoms with Crippen LogP contribution >= 0.6 is 0 Å². The molecule has 0 unspecified atom stereocenters. The Morgan fingerprint density at radius 3 is 1.78 bits per heavy atom. The molecule has 0 aliphatic carbocycles. The van der Waals surface area contributed by atoms with Crippen molar-refractivity contribution < 1.29 is 18.4 Å². The fourth-order valence-corrected chi connectivity index (χ4v) is 2.61. The summed E-state index contributed by atoms with van der Waals surface area (Å²) in [7, 11) is -3.72. The third-order valence-electron chi connectivity index (χ3n) is 1.61. The maximum absolute atomic E-state index is 11.6. The lowest BCUT2D eigenvalue weighted by Crippen LogP contribution is -2.29. The first-order valence-electron chi connectivity index (χ1n) is 6.01. The third kappa shape index (κ3) is 10.3. The van der Waals surface area contributed by atoms with Crippen LogP contribution in [0.4, 0.5) is 0 Å². The molecule has 0 radical (unpaired) electrons. The van der Waals surface area contributed by atoms with E-state index in [1.165, 1.54) is 6.08 Å². The predicted octanol–water partition coefficient (Wildman–Crippen LogP) is 3.08. The van der Waals surface area contributed by atoms with Gasteiger partial charge in [-0.25, -0.2) is 4.79 Å². The van der Waals surface area contributed by atoms with Gasteiger partial charge in [0.1, 0.15) is 0 Å². The molecule has 104 valence electrons. The smallest absolute Gasteiger partial charge is 0.317 e. The number of hydrogen-bond donors (Lipinski definition) is 0. The van der Waals surface area contributed by atoms with Crippen LogP contribution in [0.5, 0.6) is 0 Å². The molecule has 0 saturated heterocycles. The summed E-state index contributed by atoms with van der Waals surface area (Å²) < 4.78 is 10.6. The van der Waals surface area contributed by atoms with Crippen LogP contribution in [0.3, 0.4) is 0 Å². The van der Waals surface area contributed by atoms with E-state index in [-0.39, 0.29) is 18.4 Å². The summed E-state index contributed by atoms with van der Waals surface area (Å²) in [5.41, 5.74) is 0.668. The Kier molecular flexibility index (Phi) is 6.02. The van der Waals surface area contributed by atoms with Gasteiger partial charge in [0.25, 0.3) is 5.97 Å². The van der Waals surface area contributed by atoms with Crippen molar-refractivity contribution in [3.63, 3.8) is 0 Å². The minimum atomic E-state index is -1.87. The first-order chi connectivity index (χ1) is 7.89. The number of carbonyl (C=O) groups excluding carboxylic acids is 2. The summed E-state index contributed by atoms with van der Waals surface area (Å²) in [6, 6.07) is 0. The van der Waals surface area contributed by atoms with Gasteiger partial charge in [0.15, 0.2) is 0 Å². The quantitative estimate of drug-likeness (QED) is 0.576. The third-order valence-corrected chi connectivity index (χ3v) is 3.27. The van der Waals surface area contributed by atoms with Gasteiger partial charge in [-0.2, -0.15) is 0 Å². The molecule has 4 nitrogen and oxygen atoms in total. The average Bonchev–Trinajstić information content (AvgIpc) is 1.92. The molecule has 0 saturated carbocycles. The molecule has 0 atom stereocenters. The zero-order chi connectivity index (χ0) is 14.6. The lowest BCUT2D eigenvalue weighted by molar-refractivity contribution is -0.134. The molecule has 0 spiro atoms. The number of hydrogen-bond acceptors (Lipinski definition) is 4. The lowest BCUT2D eigenvalue weighted by Gasteiger charge is -2.18. The molecule has 0 aromatic carbocycles. The van der Waals surface area contributed by atoms with Crippen LogP contribution in [-0.4, -0.2) is 28.6 Å².